The lowest BCUT2D eigenvalue weighted by Gasteiger charge is -2.30. The average molecular weight is 302 g/mol. The minimum absolute atomic E-state index is 0.0319. The van der Waals surface area contributed by atoms with Gasteiger partial charge in [0.15, 0.2) is 0 Å². The number of fused-ring (bicyclic) bond motifs is 1. The SMILES string of the molecule is CC(C)N1CCCN(C(=O)C2CCOc3ccccc32)CC1. The van der Waals surface area contributed by atoms with Crippen molar-refractivity contribution in [2.45, 2.75) is 38.6 Å². The maximum absolute atomic E-state index is 13.0. The summed E-state index contributed by atoms with van der Waals surface area (Å²) in [7, 11) is 0. The molecule has 1 amide bonds. The fourth-order valence-corrected chi connectivity index (χ4v) is 3.49. The van der Waals surface area contributed by atoms with Gasteiger partial charge >= 0.3 is 0 Å². The van der Waals surface area contributed by atoms with Crippen LogP contribution in [-0.4, -0.2) is 54.5 Å². The Morgan fingerprint density at radius 3 is 2.82 bits per heavy atom. The van der Waals surface area contributed by atoms with Crippen LogP contribution >= 0.6 is 0 Å². The standard InChI is InChI=1S/C18H26N2O2/c1-14(2)19-9-5-10-20(12-11-19)18(21)16-8-13-22-17-7-4-3-6-15(16)17/h3-4,6-7,14,16H,5,8-13H2,1-2H3. The van der Waals surface area contributed by atoms with E-state index in [4.69, 9.17) is 4.74 Å². The van der Waals surface area contributed by atoms with Crippen molar-refractivity contribution in [3.63, 3.8) is 0 Å². The molecule has 0 aromatic heterocycles. The second-order valence-electron chi connectivity index (χ2n) is 6.54. The Labute approximate surface area is 133 Å². The minimum atomic E-state index is -0.0319. The summed E-state index contributed by atoms with van der Waals surface area (Å²) in [5.41, 5.74) is 1.06. The Morgan fingerprint density at radius 2 is 2.00 bits per heavy atom. The quantitative estimate of drug-likeness (QED) is 0.841. The molecule has 1 fully saturated rings. The van der Waals surface area contributed by atoms with Crippen LogP contribution in [0.2, 0.25) is 0 Å². The summed E-state index contributed by atoms with van der Waals surface area (Å²) in [6.45, 7) is 8.88. The zero-order valence-electron chi connectivity index (χ0n) is 13.6. The molecule has 4 nitrogen and oxygen atoms in total. The van der Waals surface area contributed by atoms with Crippen molar-refractivity contribution in [1.82, 2.24) is 9.80 Å². The van der Waals surface area contributed by atoms with Crippen molar-refractivity contribution in [3.8, 4) is 5.75 Å². The van der Waals surface area contributed by atoms with E-state index in [1.165, 1.54) is 0 Å². The topological polar surface area (TPSA) is 32.8 Å². The van der Waals surface area contributed by atoms with Gasteiger partial charge in [0.2, 0.25) is 5.91 Å². The van der Waals surface area contributed by atoms with E-state index >= 15 is 0 Å². The van der Waals surface area contributed by atoms with E-state index in [1.54, 1.807) is 0 Å². The highest BCUT2D eigenvalue weighted by molar-refractivity contribution is 5.85. The molecule has 120 valence electrons. The Kier molecular flexibility index (Phi) is 4.67. The third kappa shape index (κ3) is 3.12. The Hall–Kier alpha value is -1.55. The van der Waals surface area contributed by atoms with Crippen LogP contribution in [0.5, 0.6) is 5.75 Å². The maximum Gasteiger partial charge on any atom is 0.230 e. The predicted molar refractivity (Wildman–Crippen MR) is 87.2 cm³/mol. The lowest BCUT2D eigenvalue weighted by molar-refractivity contribution is -0.133. The molecule has 0 N–H and O–H groups in total. The number of ether oxygens (including phenoxy) is 1. The molecule has 0 aliphatic carbocycles. The van der Waals surface area contributed by atoms with Gasteiger partial charge in [-0.2, -0.15) is 0 Å². The zero-order valence-corrected chi connectivity index (χ0v) is 13.6. The second kappa shape index (κ2) is 6.69. The number of carbonyl (C=O) groups excluding carboxylic acids is 1. The van der Waals surface area contributed by atoms with Crippen LogP contribution in [0, 0.1) is 0 Å². The van der Waals surface area contributed by atoms with E-state index in [2.05, 4.69) is 23.6 Å². The van der Waals surface area contributed by atoms with Crippen LogP contribution in [0.25, 0.3) is 0 Å². The molecule has 4 heteroatoms. The van der Waals surface area contributed by atoms with E-state index in [0.717, 1.165) is 50.3 Å². The summed E-state index contributed by atoms with van der Waals surface area (Å²) in [5, 5.41) is 0. The van der Waals surface area contributed by atoms with Crippen molar-refractivity contribution < 1.29 is 9.53 Å². The Balaban J connectivity index is 1.72. The first-order valence-electron chi connectivity index (χ1n) is 8.41. The molecule has 1 unspecified atom stereocenters. The summed E-state index contributed by atoms with van der Waals surface area (Å²) < 4.78 is 5.69. The molecule has 1 aromatic rings. The summed E-state index contributed by atoms with van der Waals surface area (Å²) in [4.78, 5) is 17.5. The van der Waals surface area contributed by atoms with Gasteiger partial charge in [-0.25, -0.2) is 0 Å². The van der Waals surface area contributed by atoms with Crippen molar-refractivity contribution in [1.29, 1.82) is 0 Å². The lowest BCUT2D eigenvalue weighted by atomic mass is 9.91. The van der Waals surface area contributed by atoms with Crippen molar-refractivity contribution in [3.05, 3.63) is 29.8 Å². The molecule has 0 bridgehead atoms. The molecule has 1 saturated heterocycles. The number of rotatable bonds is 2. The number of amides is 1. The number of carbonyl (C=O) groups is 1. The van der Waals surface area contributed by atoms with Gasteiger partial charge in [-0.05, 0) is 32.8 Å². The number of para-hydroxylation sites is 1. The highest BCUT2D eigenvalue weighted by Crippen LogP contribution is 2.34. The van der Waals surface area contributed by atoms with E-state index < -0.39 is 0 Å². The van der Waals surface area contributed by atoms with Crippen LogP contribution in [0.4, 0.5) is 0 Å². The maximum atomic E-state index is 13.0. The molecule has 1 atom stereocenters. The smallest absolute Gasteiger partial charge is 0.230 e. The van der Waals surface area contributed by atoms with Gasteiger partial charge in [0.05, 0.1) is 12.5 Å². The van der Waals surface area contributed by atoms with Crippen LogP contribution in [-0.2, 0) is 4.79 Å². The fourth-order valence-electron chi connectivity index (χ4n) is 3.49. The zero-order chi connectivity index (χ0) is 15.5. The molecule has 0 radical (unpaired) electrons. The van der Waals surface area contributed by atoms with Crippen LogP contribution in [0.3, 0.4) is 0 Å². The first-order chi connectivity index (χ1) is 10.7. The van der Waals surface area contributed by atoms with Crippen LogP contribution in [0.1, 0.15) is 38.2 Å². The largest absolute Gasteiger partial charge is 0.493 e. The summed E-state index contributed by atoms with van der Waals surface area (Å²) in [6.07, 6.45) is 1.86. The number of hydrogen-bond acceptors (Lipinski definition) is 3. The summed E-state index contributed by atoms with van der Waals surface area (Å²) >= 11 is 0. The molecule has 22 heavy (non-hydrogen) atoms. The van der Waals surface area contributed by atoms with E-state index in [-0.39, 0.29) is 11.8 Å². The highest BCUT2D eigenvalue weighted by atomic mass is 16.5. The molecular formula is C18H26N2O2. The summed E-state index contributed by atoms with van der Waals surface area (Å²) in [5.74, 6) is 1.13. The Bertz CT molecular complexity index is 530. The molecule has 3 rings (SSSR count). The highest BCUT2D eigenvalue weighted by Gasteiger charge is 2.31. The first-order valence-corrected chi connectivity index (χ1v) is 8.41. The molecule has 2 heterocycles. The van der Waals surface area contributed by atoms with E-state index in [0.29, 0.717) is 12.6 Å². The van der Waals surface area contributed by atoms with E-state index in [9.17, 15) is 4.79 Å². The van der Waals surface area contributed by atoms with Crippen molar-refractivity contribution in [2.24, 2.45) is 0 Å². The molecular weight excluding hydrogens is 276 g/mol. The monoisotopic (exact) mass is 302 g/mol. The van der Waals surface area contributed by atoms with Gasteiger partial charge in [-0.15, -0.1) is 0 Å². The van der Waals surface area contributed by atoms with E-state index in [1.807, 2.05) is 24.3 Å². The molecule has 2 aliphatic rings. The van der Waals surface area contributed by atoms with Gasteiger partial charge in [0.1, 0.15) is 5.75 Å². The fraction of sp³-hybridized carbons (Fsp3) is 0.611. The first kappa shape index (κ1) is 15.3. The molecule has 2 aliphatic heterocycles. The average Bonchev–Trinajstić information content (AvgIpc) is 2.80. The third-order valence-electron chi connectivity index (χ3n) is 4.83. The van der Waals surface area contributed by atoms with Gasteiger partial charge in [-0.3, -0.25) is 9.69 Å². The van der Waals surface area contributed by atoms with Crippen LogP contribution in [0.15, 0.2) is 24.3 Å². The molecule has 0 saturated carbocycles. The van der Waals surface area contributed by atoms with Gasteiger partial charge < -0.3 is 9.64 Å². The number of nitrogens with zero attached hydrogens (tertiary/aromatic N) is 2. The van der Waals surface area contributed by atoms with Crippen molar-refractivity contribution >= 4 is 5.91 Å². The van der Waals surface area contributed by atoms with Crippen molar-refractivity contribution in [2.75, 3.05) is 32.8 Å². The number of benzene rings is 1. The second-order valence-corrected chi connectivity index (χ2v) is 6.54. The normalized spacial score (nSPS) is 22.9. The Morgan fingerprint density at radius 1 is 1.18 bits per heavy atom. The molecule has 1 aromatic carbocycles. The van der Waals surface area contributed by atoms with Gasteiger partial charge in [0, 0.05) is 37.8 Å². The molecule has 0 spiro atoms. The predicted octanol–water partition coefficient (Wildman–Crippen LogP) is 2.50. The summed E-state index contributed by atoms with van der Waals surface area (Å²) in [6, 6.07) is 8.53. The van der Waals surface area contributed by atoms with Gasteiger partial charge in [0.25, 0.3) is 0 Å². The minimum Gasteiger partial charge on any atom is -0.493 e. The number of hydrogen-bond donors (Lipinski definition) is 0. The third-order valence-corrected chi connectivity index (χ3v) is 4.83. The van der Waals surface area contributed by atoms with Crippen LogP contribution < -0.4 is 4.74 Å². The lowest BCUT2D eigenvalue weighted by Crippen LogP contribution is -2.40. The van der Waals surface area contributed by atoms with Gasteiger partial charge in [-0.1, -0.05) is 18.2 Å².